The van der Waals surface area contributed by atoms with E-state index in [4.69, 9.17) is 15.6 Å². The average Bonchev–Trinajstić information content (AvgIpc) is 2.45. The monoisotopic (exact) mass is 291 g/mol. The Morgan fingerprint density at radius 2 is 2.25 bits per heavy atom. The first-order valence-corrected chi connectivity index (χ1v) is 6.47. The number of pyridine rings is 1. The van der Waals surface area contributed by atoms with Gasteiger partial charge in [0.2, 0.25) is 5.88 Å². The predicted octanol–water partition coefficient (Wildman–Crippen LogP) is 2.49. The van der Waals surface area contributed by atoms with Crippen LogP contribution in [0, 0.1) is 0 Å². The molecule has 0 radical (unpaired) electrons. The number of nitrogens with zero attached hydrogens (tertiary/aromatic N) is 1. The molecule has 20 heavy (non-hydrogen) atoms. The molecule has 2 rings (SSSR count). The second kappa shape index (κ2) is 6.16. The number of hydrogen-bond acceptors (Lipinski definition) is 6. The molecule has 0 bridgehead atoms. The van der Waals surface area contributed by atoms with Crippen LogP contribution in [0.2, 0.25) is 0 Å². The third-order valence-electron chi connectivity index (χ3n) is 2.43. The van der Waals surface area contributed by atoms with Crippen LogP contribution in [-0.2, 0) is 0 Å². The van der Waals surface area contributed by atoms with Crippen molar-refractivity contribution in [3.63, 3.8) is 0 Å². The second-order valence-electron chi connectivity index (χ2n) is 3.86. The van der Waals surface area contributed by atoms with Gasteiger partial charge in [0.15, 0.2) is 0 Å². The number of benzene rings is 1. The van der Waals surface area contributed by atoms with Crippen molar-refractivity contribution < 1.29 is 14.6 Å². The van der Waals surface area contributed by atoms with Crippen LogP contribution in [0.15, 0.2) is 41.4 Å². The topological polar surface area (TPSA) is 97.5 Å². The molecule has 1 aromatic carbocycles. The molecule has 7 heteroatoms. The quantitative estimate of drug-likeness (QED) is 0.728. The van der Waals surface area contributed by atoms with Crippen molar-refractivity contribution in [2.75, 3.05) is 17.6 Å². The Kier molecular flexibility index (Phi) is 4.31. The standard InChI is InChI=1S/C13H13N3O3S/c1-19-12-11(6-9(14)7-15-12)16-20-10-4-2-3-8(5-10)13(17)18/h2-7,16H,14H2,1H3,(H,17,18). The number of carboxylic acids is 1. The van der Waals surface area contributed by atoms with Crippen molar-refractivity contribution in [1.82, 2.24) is 4.98 Å². The lowest BCUT2D eigenvalue weighted by molar-refractivity contribution is 0.0696. The SMILES string of the molecule is COc1ncc(N)cc1NSc1cccc(C(=O)O)c1. The fourth-order valence-electron chi connectivity index (χ4n) is 1.51. The van der Waals surface area contributed by atoms with E-state index in [2.05, 4.69) is 9.71 Å². The molecule has 0 aliphatic heterocycles. The number of anilines is 2. The Hall–Kier alpha value is -2.41. The highest BCUT2D eigenvalue weighted by molar-refractivity contribution is 8.00. The van der Waals surface area contributed by atoms with Crippen LogP contribution in [0.4, 0.5) is 11.4 Å². The minimum atomic E-state index is -0.962. The first kappa shape index (κ1) is 14.0. The third-order valence-corrected chi connectivity index (χ3v) is 3.24. The molecule has 0 aliphatic rings. The third kappa shape index (κ3) is 3.33. The van der Waals surface area contributed by atoms with Crippen LogP contribution in [0.25, 0.3) is 0 Å². The Morgan fingerprint density at radius 3 is 2.95 bits per heavy atom. The summed E-state index contributed by atoms with van der Waals surface area (Å²) in [6.45, 7) is 0. The summed E-state index contributed by atoms with van der Waals surface area (Å²) in [5, 5.41) is 8.94. The Balaban J connectivity index is 2.14. The van der Waals surface area contributed by atoms with Crippen molar-refractivity contribution in [3.8, 4) is 5.88 Å². The zero-order valence-electron chi connectivity index (χ0n) is 10.7. The van der Waals surface area contributed by atoms with Crippen LogP contribution < -0.4 is 15.2 Å². The van der Waals surface area contributed by atoms with E-state index in [0.29, 0.717) is 17.3 Å². The number of hydrogen-bond donors (Lipinski definition) is 3. The van der Waals surface area contributed by atoms with Gasteiger partial charge in [0.25, 0.3) is 0 Å². The Morgan fingerprint density at radius 1 is 1.45 bits per heavy atom. The lowest BCUT2D eigenvalue weighted by Gasteiger charge is -2.10. The second-order valence-corrected chi connectivity index (χ2v) is 4.74. The fourth-order valence-corrected chi connectivity index (χ4v) is 2.22. The maximum atomic E-state index is 10.9. The molecular weight excluding hydrogens is 278 g/mol. The number of nitrogen functional groups attached to an aromatic ring is 1. The molecule has 0 fully saturated rings. The largest absolute Gasteiger partial charge is 0.480 e. The van der Waals surface area contributed by atoms with Gasteiger partial charge >= 0.3 is 5.97 Å². The van der Waals surface area contributed by atoms with Crippen molar-refractivity contribution in [2.45, 2.75) is 4.90 Å². The minimum absolute atomic E-state index is 0.231. The lowest BCUT2D eigenvalue weighted by atomic mass is 10.2. The van der Waals surface area contributed by atoms with Gasteiger partial charge in [-0.3, -0.25) is 0 Å². The summed E-state index contributed by atoms with van der Waals surface area (Å²) in [5.41, 5.74) is 7.03. The van der Waals surface area contributed by atoms with E-state index in [0.717, 1.165) is 4.90 Å². The molecule has 2 aromatic rings. The fraction of sp³-hybridized carbons (Fsp3) is 0.0769. The van der Waals surface area contributed by atoms with Crippen LogP contribution in [0.1, 0.15) is 10.4 Å². The molecule has 0 aliphatic carbocycles. The molecule has 0 amide bonds. The van der Waals surface area contributed by atoms with Gasteiger partial charge in [0.1, 0.15) is 5.69 Å². The van der Waals surface area contributed by atoms with Crippen LogP contribution in [0.5, 0.6) is 5.88 Å². The van der Waals surface area contributed by atoms with E-state index >= 15 is 0 Å². The normalized spacial score (nSPS) is 10.1. The number of carboxylic acid groups (broad SMARTS) is 1. The van der Waals surface area contributed by atoms with Crippen molar-refractivity contribution in [3.05, 3.63) is 42.1 Å². The van der Waals surface area contributed by atoms with Gasteiger partial charge in [0, 0.05) is 4.90 Å². The number of aromatic nitrogens is 1. The number of carbonyl (C=O) groups is 1. The van der Waals surface area contributed by atoms with E-state index in [1.54, 1.807) is 24.3 Å². The van der Waals surface area contributed by atoms with Gasteiger partial charge < -0.3 is 20.3 Å². The average molecular weight is 291 g/mol. The van der Waals surface area contributed by atoms with Crippen molar-refractivity contribution in [1.29, 1.82) is 0 Å². The predicted molar refractivity (Wildman–Crippen MR) is 78.1 cm³/mol. The number of ether oxygens (including phenoxy) is 1. The molecule has 6 nitrogen and oxygen atoms in total. The molecule has 0 saturated heterocycles. The first-order chi connectivity index (χ1) is 9.60. The number of nitrogens with one attached hydrogen (secondary N) is 1. The summed E-state index contributed by atoms with van der Waals surface area (Å²) in [6, 6.07) is 8.29. The molecule has 0 saturated carbocycles. The Labute approximate surface area is 120 Å². The van der Waals surface area contributed by atoms with Gasteiger partial charge in [-0.25, -0.2) is 9.78 Å². The van der Waals surface area contributed by atoms with E-state index in [1.807, 2.05) is 0 Å². The van der Waals surface area contributed by atoms with Gasteiger partial charge in [-0.05, 0) is 36.2 Å². The van der Waals surface area contributed by atoms with Gasteiger partial charge in [-0.2, -0.15) is 0 Å². The Bertz CT molecular complexity index is 634. The highest BCUT2D eigenvalue weighted by atomic mass is 32.2. The van der Waals surface area contributed by atoms with Gasteiger partial charge in [-0.1, -0.05) is 6.07 Å². The van der Waals surface area contributed by atoms with Crippen LogP contribution in [0.3, 0.4) is 0 Å². The highest BCUT2D eigenvalue weighted by Gasteiger charge is 2.07. The zero-order chi connectivity index (χ0) is 14.5. The molecule has 0 spiro atoms. The lowest BCUT2D eigenvalue weighted by Crippen LogP contribution is -1.98. The summed E-state index contributed by atoms with van der Waals surface area (Å²) in [7, 11) is 1.51. The molecule has 104 valence electrons. The summed E-state index contributed by atoms with van der Waals surface area (Å²) in [6.07, 6.45) is 1.50. The summed E-state index contributed by atoms with van der Waals surface area (Å²) < 4.78 is 8.16. The van der Waals surface area contributed by atoms with Crippen LogP contribution in [-0.4, -0.2) is 23.2 Å². The zero-order valence-corrected chi connectivity index (χ0v) is 11.5. The smallest absolute Gasteiger partial charge is 0.335 e. The molecular formula is C13H13N3O3S. The maximum Gasteiger partial charge on any atom is 0.335 e. The summed E-state index contributed by atoms with van der Waals surface area (Å²) in [5.74, 6) is -0.545. The van der Waals surface area contributed by atoms with Gasteiger partial charge in [0.05, 0.1) is 24.6 Å². The van der Waals surface area contributed by atoms with Crippen LogP contribution >= 0.6 is 11.9 Å². The number of methoxy groups -OCH3 is 1. The number of rotatable bonds is 5. The maximum absolute atomic E-state index is 10.9. The summed E-state index contributed by atoms with van der Waals surface area (Å²) in [4.78, 5) is 15.7. The first-order valence-electron chi connectivity index (χ1n) is 5.66. The van der Waals surface area contributed by atoms with E-state index in [1.165, 1.54) is 31.3 Å². The molecule has 1 heterocycles. The van der Waals surface area contributed by atoms with E-state index in [9.17, 15) is 4.79 Å². The van der Waals surface area contributed by atoms with E-state index in [-0.39, 0.29) is 5.56 Å². The van der Waals surface area contributed by atoms with Gasteiger partial charge in [-0.15, -0.1) is 0 Å². The molecule has 1 aromatic heterocycles. The molecule has 4 N–H and O–H groups in total. The molecule has 0 unspecified atom stereocenters. The molecule has 0 atom stereocenters. The number of nitrogens with two attached hydrogens (primary N) is 1. The van der Waals surface area contributed by atoms with E-state index < -0.39 is 5.97 Å². The summed E-state index contributed by atoms with van der Waals surface area (Å²) >= 11 is 1.25. The number of aromatic carboxylic acids is 1. The van der Waals surface area contributed by atoms with Crippen molar-refractivity contribution >= 4 is 29.3 Å². The van der Waals surface area contributed by atoms with Crippen molar-refractivity contribution in [2.24, 2.45) is 0 Å². The minimum Gasteiger partial charge on any atom is -0.480 e. The highest BCUT2D eigenvalue weighted by Crippen LogP contribution is 2.29.